The molecule has 0 aliphatic carbocycles. The second kappa shape index (κ2) is 9.12. The predicted molar refractivity (Wildman–Crippen MR) is 105 cm³/mol. The molecule has 0 saturated carbocycles. The van der Waals surface area contributed by atoms with Crippen molar-refractivity contribution in [3.63, 3.8) is 0 Å². The van der Waals surface area contributed by atoms with Gasteiger partial charge in [-0.3, -0.25) is 14.4 Å². The minimum absolute atomic E-state index is 0.0547. The summed E-state index contributed by atoms with van der Waals surface area (Å²) in [7, 11) is 6.07. The number of nitrogens with zero attached hydrogens (tertiary/aromatic N) is 4. The summed E-state index contributed by atoms with van der Waals surface area (Å²) >= 11 is 0. The first-order valence-corrected chi connectivity index (χ1v) is 9.35. The molecule has 1 aliphatic rings. The van der Waals surface area contributed by atoms with Crippen molar-refractivity contribution in [2.24, 2.45) is 7.05 Å². The fourth-order valence-electron chi connectivity index (χ4n) is 3.13. The molecule has 0 radical (unpaired) electrons. The van der Waals surface area contributed by atoms with Gasteiger partial charge in [0.2, 0.25) is 5.91 Å². The Balaban J connectivity index is 1.53. The summed E-state index contributed by atoms with van der Waals surface area (Å²) in [5.74, 6) is 0.0547. The zero-order valence-corrected chi connectivity index (χ0v) is 16.4. The molecule has 2 heterocycles. The zero-order chi connectivity index (χ0) is 19.2. The molecule has 1 aromatic heterocycles. The van der Waals surface area contributed by atoms with Crippen LogP contribution in [0.2, 0.25) is 0 Å². The molecule has 2 aromatic rings. The minimum Gasteiger partial charge on any atom is -0.379 e. The Morgan fingerprint density at radius 2 is 1.93 bits per heavy atom. The van der Waals surface area contributed by atoms with Crippen LogP contribution in [0, 0.1) is 0 Å². The number of amides is 1. The van der Waals surface area contributed by atoms with Gasteiger partial charge in [0.25, 0.3) is 0 Å². The molecule has 1 N–H and O–H groups in total. The van der Waals surface area contributed by atoms with Crippen LogP contribution in [0.25, 0.3) is 11.3 Å². The maximum Gasteiger partial charge on any atom is 0.234 e. The van der Waals surface area contributed by atoms with Crippen molar-refractivity contribution in [1.29, 1.82) is 0 Å². The van der Waals surface area contributed by atoms with E-state index in [0.717, 1.165) is 36.5 Å². The standard InChI is InChI=1S/C20H29N5O2/c1-23(2)14-18-12-19(22-24(18)3)17-6-4-16(5-7-17)13-21-20(26)15-25-8-10-27-11-9-25/h4-7,12H,8-11,13-15H2,1-3H3,(H,21,26). The number of rotatable bonds is 7. The Morgan fingerprint density at radius 1 is 1.22 bits per heavy atom. The molecule has 0 atom stereocenters. The van der Waals surface area contributed by atoms with Gasteiger partial charge in [0.15, 0.2) is 0 Å². The molecule has 1 aliphatic heterocycles. The number of ether oxygens (including phenoxy) is 1. The van der Waals surface area contributed by atoms with Gasteiger partial charge in [0.1, 0.15) is 0 Å². The normalized spacial score (nSPS) is 15.3. The maximum atomic E-state index is 12.1. The molecule has 0 spiro atoms. The van der Waals surface area contributed by atoms with E-state index in [9.17, 15) is 4.79 Å². The van der Waals surface area contributed by atoms with Gasteiger partial charge in [-0.25, -0.2) is 0 Å². The van der Waals surface area contributed by atoms with E-state index in [1.807, 2.05) is 23.9 Å². The quantitative estimate of drug-likeness (QED) is 0.790. The van der Waals surface area contributed by atoms with Crippen LogP contribution in [0.1, 0.15) is 11.3 Å². The predicted octanol–water partition coefficient (Wildman–Crippen LogP) is 1.10. The Labute approximate surface area is 160 Å². The van der Waals surface area contributed by atoms with Crippen molar-refractivity contribution in [2.45, 2.75) is 13.1 Å². The van der Waals surface area contributed by atoms with E-state index < -0.39 is 0 Å². The highest BCUT2D eigenvalue weighted by Crippen LogP contribution is 2.20. The van der Waals surface area contributed by atoms with Gasteiger partial charge in [-0.05, 0) is 25.7 Å². The second-order valence-electron chi connectivity index (χ2n) is 7.24. The number of nitrogens with one attached hydrogen (secondary N) is 1. The molecule has 7 nitrogen and oxygen atoms in total. The third-order valence-corrected chi connectivity index (χ3v) is 4.67. The molecule has 27 heavy (non-hydrogen) atoms. The van der Waals surface area contributed by atoms with Crippen molar-refractivity contribution < 1.29 is 9.53 Å². The molecule has 3 rings (SSSR count). The smallest absolute Gasteiger partial charge is 0.234 e. The van der Waals surface area contributed by atoms with Gasteiger partial charge in [-0.1, -0.05) is 24.3 Å². The van der Waals surface area contributed by atoms with Crippen LogP contribution in [0.3, 0.4) is 0 Å². The summed E-state index contributed by atoms with van der Waals surface area (Å²) in [6.45, 7) is 4.89. The van der Waals surface area contributed by atoms with Crippen LogP contribution in [0.4, 0.5) is 0 Å². The number of benzene rings is 1. The lowest BCUT2D eigenvalue weighted by atomic mass is 10.1. The van der Waals surface area contributed by atoms with Crippen molar-refractivity contribution in [1.82, 2.24) is 24.9 Å². The van der Waals surface area contributed by atoms with Gasteiger partial charge in [0.05, 0.1) is 31.1 Å². The number of hydrogen-bond acceptors (Lipinski definition) is 5. The number of carbonyl (C=O) groups is 1. The second-order valence-corrected chi connectivity index (χ2v) is 7.24. The van der Waals surface area contributed by atoms with Crippen molar-refractivity contribution in [3.05, 3.63) is 41.6 Å². The van der Waals surface area contributed by atoms with Crippen LogP contribution < -0.4 is 5.32 Å². The van der Waals surface area contributed by atoms with Crippen LogP contribution in [0.5, 0.6) is 0 Å². The lowest BCUT2D eigenvalue weighted by Gasteiger charge is -2.25. The number of hydrogen-bond donors (Lipinski definition) is 1. The van der Waals surface area contributed by atoms with Gasteiger partial charge < -0.3 is 15.0 Å². The van der Waals surface area contributed by atoms with Crippen LogP contribution in [-0.2, 0) is 29.7 Å². The van der Waals surface area contributed by atoms with E-state index >= 15 is 0 Å². The van der Waals surface area contributed by atoms with Crippen molar-refractivity contribution in [3.8, 4) is 11.3 Å². The first kappa shape index (κ1) is 19.5. The largest absolute Gasteiger partial charge is 0.379 e. The molecule has 1 amide bonds. The molecular formula is C20H29N5O2. The highest BCUT2D eigenvalue weighted by Gasteiger charge is 2.14. The molecule has 0 bridgehead atoms. The van der Waals surface area contributed by atoms with Gasteiger partial charge in [-0.15, -0.1) is 0 Å². The highest BCUT2D eigenvalue weighted by molar-refractivity contribution is 5.78. The third-order valence-electron chi connectivity index (χ3n) is 4.67. The minimum atomic E-state index is 0.0547. The van der Waals surface area contributed by atoms with E-state index in [4.69, 9.17) is 4.74 Å². The lowest BCUT2D eigenvalue weighted by molar-refractivity contribution is -0.123. The number of aromatic nitrogens is 2. The summed E-state index contributed by atoms with van der Waals surface area (Å²) in [4.78, 5) is 16.3. The first-order chi connectivity index (χ1) is 13.0. The van der Waals surface area contributed by atoms with Crippen molar-refractivity contribution >= 4 is 5.91 Å². The SMILES string of the molecule is CN(C)Cc1cc(-c2ccc(CNC(=O)CN3CCOCC3)cc2)nn1C. The van der Waals surface area contributed by atoms with Crippen LogP contribution in [-0.4, -0.2) is 72.4 Å². The van der Waals surface area contributed by atoms with E-state index in [-0.39, 0.29) is 5.91 Å². The topological polar surface area (TPSA) is 62.6 Å². The summed E-state index contributed by atoms with van der Waals surface area (Å²) in [5, 5.41) is 7.60. The number of carbonyl (C=O) groups excluding carboxylic acids is 1. The zero-order valence-electron chi connectivity index (χ0n) is 16.4. The maximum absolute atomic E-state index is 12.1. The Bertz CT molecular complexity index is 748. The highest BCUT2D eigenvalue weighted by atomic mass is 16.5. The number of morpholine rings is 1. The number of aryl methyl sites for hydroxylation is 1. The molecule has 0 unspecified atom stereocenters. The summed E-state index contributed by atoms with van der Waals surface area (Å²) < 4.78 is 7.23. The Kier molecular flexibility index (Phi) is 6.60. The molecular weight excluding hydrogens is 342 g/mol. The Morgan fingerprint density at radius 3 is 2.59 bits per heavy atom. The van der Waals surface area contributed by atoms with E-state index in [1.54, 1.807) is 0 Å². The van der Waals surface area contributed by atoms with Crippen molar-refractivity contribution in [2.75, 3.05) is 46.9 Å². The summed E-state index contributed by atoms with van der Waals surface area (Å²) in [6.07, 6.45) is 0. The van der Waals surface area contributed by atoms with Gasteiger partial charge in [-0.2, -0.15) is 5.10 Å². The Hall–Kier alpha value is -2.22. The molecule has 146 valence electrons. The molecule has 7 heteroatoms. The summed E-state index contributed by atoms with van der Waals surface area (Å²) in [5.41, 5.74) is 4.31. The van der Waals surface area contributed by atoms with Crippen LogP contribution in [0.15, 0.2) is 30.3 Å². The van der Waals surface area contributed by atoms with Crippen LogP contribution >= 0.6 is 0 Å². The van der Waals surface area contributed by atoms with Gasteiger partial charge >= 0.3 is 0 Å². The van der Waals surface area contributed by atoms with E-state index in [1.165, 1.54) is 5.69 Å². The average Bonchev–Trinajstić information content (AvgIpc) is 3.01. The average molecular weight is 371 g/mol. The lowest BCUT2D eigenvalue weighted by Crippen LogP contribution is -2.43. The molecule has 1 saturated heterocycles. The molecule has 1 aromatic carbocycles. The molecule has 1 fully saturated rings. The van der Waals surface area contributed by atoms with E-state index in [2.05, 4.69) is 52.5 Å². The fourth-order valence-corrected chi connectivity index (χ4v) is 3.13. The van der Waals surface area contributed by atoms with E-state index in [0.29, 0.717) is 26.3 Å². The monoisotopic (exact) mass is 371 g/mol. The third kappa shape index (κ3) is 5.63. The van der Waals surface area contributed by atoms with Gasteiger partial charge in [0, 0.05) is 38.8 Å². The summed E-state index contributed by atoms with van der Waals surface area (Å²) in [6, 6.07) is 10.3. The fraction of sp³-hybridized carbons (Fsp3) is 0.500. The first-order valence-electron chi connectivity index (χ1n) is 9.35.